The summed E-state index contributed by atoms with van der Waals surface area (Å²) in [6.45, 7) is 4.78. The van der Waals surface area contributed by atoms with Crippen LogP contribution < -0.4 is 5.73 Å². The van der Waals surface area contributed by atoms with Gasteiger partial charge in [-0.05, 0) is 56.0 Å². The zero-order valence-corrected chi connectivity index (χ0v) is 12.1. The van der Waals surface area contributed by atoms with E-state index in [1.165, 1.54) is 11.1 Å². The lowest BCUT2D eigenvalue weighted by Gasteiger charge is -2.06. The summed E-state index contributed by atoms with van der Waals surface area (Å²) >= 11 is 0. The van der Waals surface area contributed by atoms with Gasteiger partial charge in [-0.1, -0.05) is 36.4 Å². The van der Waals surface area contributed by atoms with E-state index in [-0.39, 0.29) is 5.78 Å². The van der Waals surface area contributed by atoms with Gasteiger partial charge in [0, 0.05) is 11.1 Å². The second kappa shape index (κ2) is 6.49. The monoisotopic (exact) mass is 267 g/mol. The number of hydrogen-bond acceptors (Lipinski definition) is 2. The minimum Gasteiger partial charge on any atom is -0.330 e. The Kier molecular flexibility index (Phi) is 4.70. The first-order valence-electron chi connectivity index (χ1n) is 7.03. The van der Waals surface area contributed by atoms with Crippen molar-refractivity contribution in [2.75, 3.05) is 6.54 Å². The number of carbonyl (C=O) groups is 1. The maximum Gasteiger partial charge on any atom is 0.193 e. The highest BCUT2D eigenvalue weighted by molar-refractivity contribution is 6.09. The minimum absolute atomic E-state index is 0.0819. The Balaban J connectivity index is 2.18. The Labute approximate surface area is 120 Å². The molecule has 0 amide bonds. The predicted octanol–water partition coefficient (Wildman–Crippen LogP) is 3.43. The van der Waals surface area contributed by atoms with Crippen LogP contribution in [0.1, 0.15) is 39.0 Å². The molecule has 0 radical (unpaired) electrons. The summed E-state index contributed by atoms with van der Waals surface area (Å²) < 4.78 is 0. The number of nitrogens with two attached hydrogens (primary N) is 1. The molecular formula is C18H21NO. The highest BCUT2D eigenvalue weighted by Crippen LogP contribution is 2.15. The van der Waals surface area contributed by atoms with Gasteiger partial charge in [0.2, 0.25) is 0 Å². The third-order valence-corrected chi connectivity index (χ3v) is 3.65. The Bertz CT molecular complexity index is 599. The average Bonchev–Trinajstić information content (AvgIpc) is 2.48. The van der Waals surface area contributed by atoms with Crippen LogP contribution in [0.4, 0.5) is 0 Å². The molecule has 2 aromatic rings. The zero-order chi connectivity index (χ0) is 14.5. The van der Waals surface area contributed by atoms with Gasteiger partial charge in [0.05, 0.1) is 0 Å². The van der Waals surface area contributed by atoms with Crippen LogP contribution in [-0.2, 0) is 6.42 Å². The molecule has 0 aromatic heterocycles. The lowest BCUT2D eigenvalue weighted by atomic mass is 9.98. The molecule has 0 aliphatic carbocycles. The van der Waals surface area contributed by atoms with E-state index in [1.807, 2.05) is 49.4 Å². The van der Waals surface area contributed by atoms with E-state index in [0.29, 0.717) is 6.54 Å². The van der Waals surface area contributed by atoms with Crippen LogP contribution in [-0.4, -0.2) is 12.3 Å². The molecule has 0 spiro atoms. The number of benzene rings is 2. The van der Waals surface area contributed by atoms with Gasteiger partial charge in [-0.25, -0.2) is 0 Å². The average molecular weight is 267 g/mol. The lowest BCUT2D eigenvalue weighted by molar-refractivity contribution is 0.103. The van der Waals surface area contributed by atoms with E-state index >= 15 is 0 Å². The summed E-state index contributed by atoms with van der Waals surface area (Å²) in [7, 11) is 0. The van der Waals surface area contributed by atoms with Gasteiger partial charge in [0.15, 0.2) is 5.78 Å². The Morgan fingerprint density at radius 1 is 0.950 bits per heavy atom. The largest absolute Gasteiger partial charge is 0.330 e. The highest BCUT2D eigenvalue weighted by Gasteiger charge is 2.09. The fourth-order valence-electron chi connectivity index (χ4n) is 2.18. The minimum atomic E-state index is 0.0819. The van der Waals surface area contributed by atoms with Crippen LogP contribution >= 0.6 is 0 Å². The van der Waals surface area contributed by atoms with Gasteiger partial charge in [0.1, 0.15) is 0 Å². The molecule has 104 valence electrons. The standard InChI is InChI=1S/C18H21NO/c1-13-5-8-17(12-14(13)2)18(20)16-9-6-15(7-10-16)4-3-11-19/h5-10,12H,3-4,11,19H2,1-2H3. The fourth-order valence-corrected chi connectivity index (χ4v) is 2.18. The van der Waals surface area contributed by atoms with Crippen LogP contribution in [0.3, 0.4) is 0 Å². The van der Waals surface area contributed by atoms with Gasteiger partial charge in [-0.2, -0.15) is 0 Å². The van der Waals surface area contributed by atoms with Crippen molar-refractivity contribution in [3.63, 3.8) is 0 Å². The molecule has 0 saturated carbocycles. The topological polar surface area (TPSA) is 43.1 Å². The van der Waals surface area contributed by atoms with Crippen molar-refractivity contribution in [1.29, 1.82) is 0 Å². The van der Waals surface area contributed by atoms with E-state index in [9.17, 15) is 4.79 Å². The summed E-state index contributed by atoms with van der Waals surface area (Å²) in [6.07, 6.45) is 1.94. The summed E-state index contributed by atoms with van der Waals surface area (Å²) in [5, 5.41) is 0. The Hall–Kier alpha value is -1.93. The van der Waals surface area contributed by atoms with E-state index < -0.39 is 0 Å². The van der Waals surface area contributed by atoms with Crippen LogP contribution in [0.5, 0.6) is 0 Å². The highest BCUT2D eigenvalue weighted by atomic mass is 16.1. The van der Waals surface area contributed by atoms with Crippen LogP contribution in [0.2, 0.25) is 0 Å². The molecule has 0 fully saturated rings. The molecule has 2 nitrogen and oxygen atoms in total. The van der Waals surface area contributed by atoms with E-state index in [0.717, 1.165) is 29.5 Å². The SMILES string of the molecule is Cc1ccc(C(=O)c2ccc(CCCN)cc2)cc1C. The van der Waals surface area contributed by atoms with E-state index in [1.54, 1.807) is 0 Å². The summed E-state index contributed by atoms with van der Waals surface area (Å²) in [6, 6.07) is 13.7. The molecule has 0 unspecified atom stereocenters. The molecule has 2 N–H and O–H groups in total. The molecule has 2 heteroatoms. The van der Waals surface area contributed by atoms with Crippen molar-refractivity contribution in [1.82, 2.24) is 0 Å². The first kappa shape index (κ1) is 14.5. The van der Waals surface area contributed by atoms with Crippen molar-refractivity contribution in [2.45, 2.75) is 26.7 Å². The molecular weight excluding hydrogens is 246 g/mol. The molecule has 0 saturated heterocycles. The molecule has 0 heterocycles. The second-order valence-corrected chi connectivity index (χ2v) is 5.22. The first-order chi connectivity index (χ1) is 9.61. The van der Waals surface area contributed by atoms with E-state index in [4.69, 9.17) is 5.73 Å². The van der Waals surface area contributed by atoms with Crippen molar-refractivity contribution in [2.24, 2.45) is 5.73 Å². The quantitative estimate of drug-likeness (QED) is 0.843. The van der Waals surface area contributed by atoms with Gasteiger partial charge >= 0.3 is 0 Å². The first-order valence-corrected chi connectivity index (χ1v) is 7.03. The molecule has 0 atom stereocenters. The number of hydrogen-bond donors (Lipinski definition) is 1. The molecule has 0 aliphatic heterocycles. The molecule has 2 aromatic carbocycles. The van der Waals surface area contributed by atoms with Crippen molar-refractivity contribution in [3.05, 3.63) is 70.3 Å². The van der Waals surface area contributed by atoms with Crippen LogP contribution in [0.25, 0.3) is 0 Å². The fraction of sp³-hybridized carbons (Fsp3) is 0.278. The van der Waals surface area contributed by atoms with Gasteiger partial charge in [0.25, 0.3) is 0 Å². The maximum absolute atomic E-state index is 12.4. The predicted molar refractivity (Wildman–Crippen MR) is 83.2 cm³/mol. The molecule has 0 aliphatic rings. The van der Waals surface area contributed by atoms with Gasteiger partial charge in [-0.3, -0.25) is 4.79 Å². The van der Waals surface area contributed by atoms with Crippen molar-refractivity contribution >= 4 is 5.78 Å². The number of carbonyl (C=O) groups excluding carboxylic acids is 1. The smallest absolute Gasteiger partial charge is 0.193 e. The normalized spacial score (nSPS) is 10.6. The third-order valence-electron chi connectivity index (χ3n) is 3.65. The third kappa shape index (κ3) is 3.34. The number of rotatable bonds is 5. The zero-order valence-electron chi connectivity index (χ0n) is 12.1. The molecule has 20 heavy (non-hydrogen) atoms. The maximum atomic E-state index is 12.4. The number of aryl methyl sites for hydroxylation is 3. The summed E-state index contributed by atoms with van der Waals surface area (Å²) in [4.78, 5) is 12.4. The van der Waals surface area contributed by atoms with Gasteiger partial charge < -0.3 is 5.73 Å². The molecule has 2 rings (SSSR count). The van der Waals surface area contributed by atoms with Crippen molar-refractivity contribution < 1.29 is 4.79 Å². The number of ketones is 1. The van der Waals surface area contributed by atoms with Gasteiger partial charge in [-0.15, -0.1) is 0 Å². The van der Waals surface area contributed by atoms with Crippen LogP contribution in [0, 0.1) is 13.8 Å². The second-order valence-electron chi connectivity index (χ2n) is 5.22. The summed E-state index contributed by atoms with van der Waals surface area (Å²) in [5.74, 6) is 0.0819. The Morgan fingerprint density at radius 2 is 1.60 bits per heavy atom. The van der Waals surface area contributed by atoms with Crippen LogP contribution in [0.15, 0.2) is 42.5 Å². The van der Waals surface area contributed by atoms with Crippen molar-refractivity contribution in [3.8, 4) is 0 Å². The Morgan fingerprint density at radius 3 is 2.20 bits per heavy atom. The summed E-state index contributed by atoms with van der Waals surface area (Å²) in [5.41, 5.74) is 10.6. The molecule has 0 bridgehead atoms. The van der Waals surface area contributed by atoms with E-state index in [2.05, 4.69) is 6.92 Å². The lowest BCUT2D eigenvalue weighted by Crippen LogP contribution is -2.03.